The van der Waals surface area contributed by atoms with E-state index in [0.29, 0.717) is 23.6 Å². The van der Waals surface area contributed by atoms with Gasteiger partial charge in [0.05, 0.1) is 24.4 Å². The van der Waals surface area contributed by atoms with Gasteiger partial charge in [0.25, 0.3) is 0 Å². The Labute approximate surface area is 132 Å². The number of aromatic nitrogens is 3. The Morgan fingerprint density at radius 3 is 2.87 bits per heavy atom. The second-order valence-corrected chi connectivity index (χ2v) is 4.97. The van der Waals surface area contributed by atoms with Gasteiger partial charge in [-0.05, 0) is 35.9 Å². The van der Waals surface area contributed by atoms with E-state index in [1.54, 1.807) is 41.2 Å². The summed E-state index contributed by atoms with van der Waals surface area (Å²) in [5, 5.41) is 16.9. The smallest absolute Gasteiger partial charge is 0.134 e. The van der Waals surface area contributed by atoms with Crippen molar-refractivity contribution in [1.82, 2.24) is 15.0 Å². The summed E-state index contributed by atoms with van der Waals surface area (Å²) >= 11 is 0. The third kappa shape index (κ3) is 3.92. The van der Waals surface area contributed by atoms with Crippen molar-refractivity contribution in [2.24, 2.45) is 0 Å². The highest BCUT2D eigenvalue weighted by Gasteiger charge is 2.04. The van der Waals surface area contributed by atoms with Crippen molar-refractivity contribution in [3.8, 4) is 11.8 Å². The Hall–Kier alpha value is -3.20. The standard InChI is InChI=1S/C17H13FN4O/c18-15-5-1-4-14(7-15)10-22-11-16(20-21-22)12-23-17-6-2-3-13(8-17)9-19/h1-8,11H,10,12H2. The Morgan fingerprint density at radius 2 is 2.04 bits per heavy atom. The minimum absolute atomic E-state index is 0.248. The van der Waals surface area contributed by atoms with Gasteiger partial charge in [0, 0.05) is 0 Å². The Bertz CT molecular complexity index is 854. The molecule has 5 nitrogen and oxygen atoms in total. The molecule has 0 N–H and O–H groups in total. The highest BCUT2D eigenvalue weighted by atomic mass is 19.1. The number of hydrogen-bond donors (Lipinski definition) is 0. The summed E-state index contributed by atoms with van der Waals surface area (Å²) in [4.78, 5) is 0. The number of rotatable bonds is 5. The first-order valence-electron chi connectivity index (χ1n) is 6.99. The number of halogens is 1. The van der Waals surface area contributed by atoms with Gasteiger partial charge < -0.3 is 4.74 Å². The average molecular weight is 308 g/mol. The zero-order valence-electron chi connectivity index (χ0n) is 12.2. The van der Waals surface area contributed by atoms with E-state index in [1.165, 1.54) is 12.1 Å². The fourth-order valence-corrected chi connectivity index (χ4v) is 2.12. The van der Waals surface area contributed by atoms with Crippen molar-refractivity contribution in [2.75, 3.05) is 0 Å². The maximum absolute atomic E-state index is 13.2. The van der Waals surface area contributed by atoms with Crippen LogP contribution in [0, 0.1) is 17.1 Å². The number of hydrogen-bond acceptors (Lipinski definition) is 4. The highest BCUT2D eigenvalue weighted by molar-refractivity contribution is 5.36. The number of nitriles is 1. The molecule has 3 rings (SSSR count). The summed E-state index contributed by atoms with van der Waals surface area (Å²) in [5.74, 6) is 0.326. The highest BCUT2D eigenvalue weighted by Crippen LogP contribution is 2.14. The van der Waals surface area contributed by atoms with E-state index in [9.17, 15) is 4.39 Å². The quantitative estimate of drug-likeness (QED) is 0.727. The average Bonchev–Trinajstić information content (AvgIpc) is 3.00. The lowest BCUT2D eigenvalue weighted by molar-refractivity contribution is 0.301. The SMILES string of the molecule is N#Cc1cccc(OCc2cn(Cc3cccc(F)c3)nn2)c1. The van der Waals surface area contributed by atoms with Crippen molar-refractivity contribution in [3.05, 3.63) is 77.4 Å². The van der Waals surface area contributed by atoms with Crippen LogP contribution in [0.4, 0.5) is 4.39 Å². The van der Waals surface area contributed by atoms with Crippen LogP contribution in [0.2, 0.25) is 0 Å². The molecule has 0 aliphatic rings. The van der Waals surface area contributed by atoms with Crippen molar-refractivity contribution < 1.29 is 9.13 Å². The summed E-state index contributed by atoms with van der Waals surface area (Å²) in [6, 6.07) is 15.3. The third-order valence-corrected chi connectivity index (χ3v) is 3.17. The van der Waals surface area contributed by atoms with E-state index in [2.05, 4.69) is 16.4 Å². The molecule has 0 fully saturated rings. The van der Waals surface area contributed by atoms with Crippen molar-refractivity contribution >= 4 is 0 Å². The molecule has 2 aromatic carbocycles. The van der Waals surface area contributed by atoms with Gasteiger partial charge in [-0.1, -0.05) is 23.4 Å². The molecule has 0 saturated carbocycles. The van der Waals surface area contributed by atoms with Gasteiger partial charge >= 0.3 is 0 Å². The molecule has 0 aliphatic heterocycles. The Kier molecular flexibility index (Phi) is 4.29. The van der Waals surface area contributed by atoms with E-state index < -0.39 is 0 Å². The van der Waals surface area contributed by atoms with E-state index in [-0.39, 0.29) is 12.4 Å². The number of ether oxygens (including phenoxy) is 1. The van der Waals surface area contributed by atoms with Gasteiger partial charge in [0.2, 0.25) is 0 Å². The van der Waals surface area contributed by atoms with Gasteiger partial charge in [-0.15, -0.1) is 5.10 Å². The largest absolute Gasteiger partial charge is 0.487 e. The predicted octanol–water partition coefficient (Wildman–Crippen LogP) is 2.92. The first kappa shape index (κ1) is 14.7. The lowest BCUT2D eigenvalue weighted by Gasteiger charge is -2.03. The third-order valence-electron chi connectivity index (χ3n) is 3.17. The van der Waals surface area contributed by atoms with Gasteiger partial charge in [-0.25, -0.2) is 9.07 Å². The lowest BCUT2D eigenvalue weighted by Crippen LogP contribution is -2.00. The normalized spacial score (nSPS) is 10.3. The van der Waals surface area contributed by atoms with Crippen LogP contribution in [0.15, 0.2) is 54.7 Å². The topological polar surface area (TPSA) is 63.7 Å². The summed E-state index contributed by atoms with van der Waals surface area (Å²) in [7, 11) is 0. The van der Waals surface area contributed by atoms with Crippen LogP contribution in [-0.4, -0.2) is 15.0 Å². The molecule has 1 aromatic heterocycles. The summed E-state index contributed by atoms with van der Waals surface area (Å²) in [6.45, 7) is 0.687. The molecule has 0 bridgehead atoms. The molecule has 0 unspecified atom stereocenters. The first-order valence-corrected chi connectivity index (χ1v) is 6.99. The molecular formula is C17H13FN4O. The van der Waals surface area contributed by atoms with E-state index in [4.69, 9.17) is 10.00 Å². The zero-order valence-corrected chi connectivity index (χ0v) is 12.2. The second kappa shape index (κ2) is 6.71. The van der Waals surface area contributed by atoms with Crippen molar-refractivity contribution in [2.45, 2.75) is 13.2 Å². The summed E-state index contributed by atoms with van der Waals surface area (Å²) in [5.41, 5.74) is 2.00. The van der Waals surface area contributed by atoms with Crippen LogP contribution >= 0.6 is 0 Å². The van der Waals surface area contributed by atoms with Crippen LogP contribution in [-0.2, 0) is 13.2 Å². The van der Waals surface area contributed by atoms with Gasteiger partial charge in [0.15, 0.2) is 0 Å². The Morgan fingerprint density at radius 1 is 1.17 bits per heavy atom. The van der Waals surface area contributed by atoms with Crippen LogP contribution in [0.3, 0.4) is 0 Å². The minimum atomic E-state index is -0.274. The maximum Gasteiger partial charge on any atom is 0.134 e. The minimum Gasteiger partial charge on any atom is -0.487 e. The first-order chi connectivity index (χ1) is 11.2. The maximum atomic E-state index is 13.2. The summed E-state index contributed by atoms with van der Waals surface area (Å²) < 4.78 is 20.4. The van der Waals surface area contributed by atoms with Gasteiger partial charge in [0.1, 0.15) is 23.9 Å². The van der Waals surface area contributed by atoms with E-state index in [0.717, 1.165) is 5.56 Å². The molecule has 0 atom stereocenters. The number of nitrogens with zero attached hydrogens (tertiary/aromatic N) is 4. The summed E-state index contributed by atoms with van der Waals surface area (Å²) in [6.07, 6.45) is 1.75. The fraction of sp³-hybridized carbons (Fsp3) is 0.118. The van der Waals surface area contributed by atoms with Crippen molar-refractivity contribution in [1.29, 1.82) is 5.26 Å². The second-order valence-electron chi connectivity index (χ2n) is 4.97. The van der Waals surface area contributed by atoms with E-state index in [1.807, 2.05) is 6.07 Å². The Balaban J connectivity index is 1.62. The molecule has 0 amide bonds. The van der Waals surface area contributed by atoms with Crippen LogP contribution in [0.1, 0.15) is 16.8 Å². The van der Waals surface area contributed by atoms with Gasteiger partial charge in [-0.3, -0.25) is 0 Å². The molecular weight excluding hydrogens is 295 g/mol. The van der Waals surface area contributed by atoms with E-state index >= 15 is 0 Å². The lowest BCUT2D eigenvalue weighted by atomic mass is 10.2. The monoisotopic (exact) mass is 308 g/mol. The van der Waals surface area contributed by atoms with Gasteiger partial charge in [-0.2, -0.15) is 5.26 Å². The molecule has 0 saturated heterocycles. The molecule has 0 radical (unpaired) electrons. The molecule has 0 aliphatic carbocycles. The molecule has 114 valence electrons. The molecule has 1 heterocycles. The molecule has 23 heavy (non-hydrogen) atoms. The molecule has 3 aromatic rings. The molecule has 0 spiro atoms. The fourth-order valence-electron chi connectivity index (χ4n) is 2.12. The van der Waals surface area contributed by atoms with Crippen LogP contribution in [0.5, 0.6) is 5.75 Å². The van der Waals surface area contributed by atoms with Crippen molar-refractivity contribution in [3.63, 3.8) is 0 Å². The van der Waals surface area contributed by atoms with Crippen LogP contribution in [0.25, 0.3) is 0 Å². The van der Waals surface area contributed by atoms with Crippen LogP contribution < -0.4 is 4.74 Å². The predicted molar refractivity (Wildman–Crippen MR) is 81.0 cm³/mol. The zero-order chi connectivity index (χ0) is 16.1. The molecule has 6 heteroatoms. The number of benzene rings is 2.